The molecule has 98 valence electrons. The van der Waals surface area contributed by atoms with Crippen LogP contribution in [0.5, 0.6) is 0 Å². The van der Waals surface area contributed by atoms with Gasteiger partial charge in [-0.25, -0.2) is 0 Å². The molecule has 0 radical (unpaired) electrons. The fourth-order valence-corrected chi connectivity index (χ4v) is 2.02. The Kier molecular flexibility index (Phi) is 11.3. The van der Waals surface area contributed by atoms with Gasteiger partial charge in [0.05, 0.1) is 6.61 Å². The van der Waals surface area contributed by atoms with Crippen molar-refractivity contribution in [1.29, 1.82) is 0 Å². The van der Waals surface area contributed by atoms with Gasteiger partial charge in [0, 0.05) is 32.8 Å². The summed E-state index contributed by atoms with van der Waals surface area (Å²) in [6, 6.07) is 0.707. The van der Waals surface area contributed by atoms with Gasteiger partial charge in [-0.1, -0.05) is 20.8 Å². The van der Waals surface area contributed by atoms with Crippen molar-refractivity contribution >= 4 is 0 Å². The fraction of sp³-hybridized carbons (Fsp3) is 1.00. The van der Waals surface area contributed by atoms with Crippen LogP contribution >= 0.6 is 0 Å². The van der Waals surface area contributed by atoms with Crippen LogP contribution in [-0.4, -0.2) is 50.8 Å². The molecule has 0 amide bonds. The maximum atomic E-state index is 5.18. The maximum Gasteiger partial charge on any atom is 0.0589 e. The second-order valence-electron chi connectivity index (χ2n) is 4.25. The molecule has 0 unspecified atom stereocenters. The normalized spacial score (nSPS) is 11.6. The summed E-state index contributed by atoms with van der Waals surface area (Å²) in [6.07, 6.45) is 3.67. The predicted molar refractivity (Wildman–Crippen MR) is 71.0 cm³/mol. The highest BCUT2D eigenvalue weighted by Crippen LogP contribution is 2.07. The van der Waals surface area contributed by atoms with Crippen LogP contribution in [0.2, 0.25) is 0 Å². The lowest BCUT2D eigenvalue weighted by Gasteiger charge is -2.30. The van der Waals surface area contributed by atoms with E-state index in [0.29, 0.717) is 6.04 Å². The molecule has 0 aromatic rings. The Morgan fingerprint density at radius 2 is 1.75 bits per heavy atom. The molecule has 1 N–H and O–H groups in total. The van der Waals surface area contributed by atoms with Gasteiger partial charge in [-0.05, 0) is 25.8 Å². The summed E-state index contributed by atoms with van der Waals surface area (Å²) in [4.78, 5) is 2.55. The van der Waals surface area contributed by atoms with Gasteiger partial charge in [0.25, 0.3) is 0 Å². The summed E-state index contributed by atoms with van der Waals surface area (Å²) in [5, 5.41) is 3.46. The van der Waals surface area contributed by atoms with Crippen LogP contribution < -0.4 is 5.32 Å². The van der Waals surface area contributed by atoms with Gasteiger partial charge in [-0.2, -0.15) is 0 Å². The molecule has 0 heterocycles. The monoisotopic (exact) mass is 230 g/mol. The lowest BCUT2D eigenvalue weighted by molar-refractivity contribution is 0.116. The third-order valence-corrected chi connectivity index (χ3v) is 3.04. The highest BCUT2D eigenvalue weighted by Gasteiger charge is 2.13. The zero-order valence-corrected chi connectivity index (χ0v) is 11.6. The zero-order chi connectivity index (χ0) is 12.2. The van der Waals surface area contributed by atoms with E-state index in [1.165, 1.54) is 19.3 Å². The van der Waals surface area contributed by atoms with E-state index in [4.69, 9.17) is 4.74 Å². The number of nitrogens with one attached hydrogen (secondary N) is 1. The van der Waals surface area contributed by atoms with Gasteiger partial charge in [-0.3, -0.25) is 4.90 Å². The Balaban J connectivity index is 3.88. The number of ether oxygens (including phenoxy) is 1. The average molecular weight is 230 g/mol. The minimum absolute atomic E-state index is 0.707. The van der Waals surface area contributed by atoms with Crippen molar-refractivity contribution in [3.8, 4) is 0 Å². The molecule has 0 fully saturated rings. The van der Waals surface area contributed by atoms with Gasteiger partial charge < -0.3 is 10.1 Å². The first-order chi connectivity index (χ1) is 7.79. The van der Waals surface area contributed by atoms with E-state index in [1.54, 1.807) is 7.11 Å². The van der Waals surface area contributed by atoms with Crippen molar-refractivity contribution in [3.63, 3.8) is 0 Å². The Hall–Kier alpha value is -0.120. The Bertz CT molecular complexity index is 138. The molecule has 0 atom stereocenters. The van der Waals surface area contributed by atoms with Crippen molar-refractivity contribution < 1.29 is 4.74 Å². The summed E-state index contributed by atoms with van der Waals surface area (Å²) >= 11 is 0. The third kappa shape index (κ3) is 7.20. The molecule has 0 aromatic carbocycles. The van der Waals surface area contributed by atoms with E-state index in [0.717, 1.165) is 32.8 Å². The molecule has 0 bridgehead atoms. The minimum atomic E-state index is 0.707. The topological polar surface area (TPSA) is 24.5 Å². The van der Waals surface area contributed by atoms with Crippen molar-refractivity contribution in [2.45, 2.75) is 46.1 Å². The Morgan fingerprint density at radius 3 is 2.25 bits per heavy atom. The highest BCUT2D eigenvalue weighted by atomic mass is 16.5. The summed E-state index contributed by atoms with van der Waals surface area (Å²) in [7, 11) is 1.78. The molecule has 0 aliphatic carbocycles. The van der Waals surface area contributed by atoms with Crippen LogP contribution in [0.15, 0.2) is 0 Å². The molecule has 0 saturated heterocycles. The first kappa shape index (κ1) is 15.9. The summed E-state index contributed by atoms with van der Waals surface area (Å²) < 4.78 is 5.18. The van der Waals surface area contributed by atoms with Crippen molar-refractivity contribution in [2.24, 2.45) is 0 Å². The second-order valence-corrected chi connectivity index (χ2v) is 4.25. The van der Waals surface area contributed by atoms with Crippen LogP contribution in [0.3, 0.4) is 0 Å². The number of methoxy groups -OCH3 is 1. The van der Waals surface area contributed by atoms with Crippen LogP contribution in [0.25, 0.3) is 0 Å². The SMILES string of the molecule is CCCNCCN(CCOC)C(CC)CC. The van der Waals surface area contributed by atoms with Crippen molar-refractivity contribution in [2.75, 3.05) is 39.9 Å². The van der Waals surface area contributed by atoms with E-state index in [-0.39, 0.29) is 0 Å². The van der Waals surface area contributed by atoms with Crippen molar-refractivity contribution in [3.05, 3.63) is 0 Å². The first-order valence-corrected chi connectivity index (χ1v) is 6.73. The molecule has 0 aromatic heterocycles. The molecule has 0 aliphatic rings. The molecule has 0 saturated carbocycles. The Morgan fingerprint density at radius 1 is 1.06 bits per heavy atom. The molecule has 0 aliphatic heterocycles. The largest absolute Gasteiger partial charge is 0.383 e. The van der Waals surface area contributed by atoms with Gasteiger partial charge in [0.2, 0.25) is 0 Å². The number of nitrogens with zero attached hydrogens (tertiary/aromatic N) is 1. The Labute approximate surface area is 102 Å². The molecular weight excluding hydrogens is 200 g/mol. The highest BCUT2D eigenvalue weighted by molar-refractivity contribution is 4.69. The van der Waals surface area contributed by atoms with Gasteiger partial charge in [-0.15, -0.1) is 0 Å². The lowest BCUT2D eigenvalue weighted by Crippen LogP contribution is -2.41. The van der Waals surface area contributed by atoms with Crippen LogP contribution in [0.1, 0.15) is 40.0 Å². The average Bonchev–Trinajstić information content (AvgIpc) is 2.31. The van der Waals surface area contributed by atoms with Gasteiger partial charge in [0.15, 0.2) is 0 Å². The van der Waals surface area contributed by atoms with E-state index in [9.17, 15) is 0 Å². The standard InChI is InChI=1S/C13H30N2O/c1-5-8-14-9-10-15(11-12-16-4)13(6-2)7-3/h13-14H,5-12H2,1-4H3. The number of hydrogen-bond acceptors (Lipinski definition) is 3. The second kappa shape index (κ2) is 11.4. The molecule has 0 spiro atoms. The quantitative estimate of drug-likeness (QED) is 0.550. The molecule has 3 nitrogen and oxygen atoms in total. The molecule has 16 heavy (non-hydrogen) atoms. The van der Waals surface area contributed by atoms with Gasteiger partial charge in [0.1, 0.15) is 0 Å². The van der Waals surface area contributed by atoms with E-state index < -0.39 is 0 Å². The maximum absolute atomic E-state index is 5.18. The van der Waals surface area contributed by atoms with Crippen LogP contribution in [-0.2, 0) is 4.74 Å². The third-order valence-electron chi connectivity index (χ3n) is 3.04. The summed E-state index contributed by atoms with van der Waals surface area (Å²) in [5.74, 6) is 0. The zero-order valence-electron chi connectivity index (χ0n) is 11.6. The number of hydrogen-bond donors (Lipinski definition) is 1. The van der Waals surface area contributed by atoms with Gasteiger partial charge >= 0.3 is 0 Å². The van der Waals surface area contributed by atoms with Crippen LogP contribution in [0.4, 0.5) is 0 Å². The first-order valence-electron chi connectivity index (χ1n) is 6.73. The van der Waals surface area contributed by atoms with E-state index in [2.05, 4.69) is 31.0 Å². The molecule has 3 heteroatoms. The van der Waals surface area contributed by atoms with Crippen LogP contribution in [0, 0.1) is 0 Å². The lowest BCUT2D eigenvalue weighted by atomic mass is 10.1. The molecule has 0 rings (SSSR count). The van der Waals surface area contributed by atoms with E-state index >= 15 is 0 Å². The predicted octanol–water partition coefficient (Wildman–Crippen LogP) is 2.12. The smallest absolute Gasteiger partial charge is 0.0589 e. The summed E-state index contributed by atoms with van der Waals surface area (Å²) in [5.41, 5.74) is 0. The van der Waals surface area contributed by atoms with E-state index in [1.807, 2.05) is 0 Å². The minimum Gasteiger partial charge on any atom is -0.383 e. The summed E-state index contributed by atoms with van der Waals surface area (Å²) in [6.45, 7) is 12.0. The fourth-order valence-electron chi connectivity index (χ4n) is 2.02. The van der Waals surface area contributed by atoms with Crippen molar-refractivity contribution in [1.82, 2.24) is 10.2 Å². The number of rotatable bonds is 11. The molecular formula is C13H30N2O.